The van der Waals surface area contributed by atoms with Crippen molar-refractivity contribution >= 4 is 17.6 Å². The number of ether oxygens (including phenoxy) is 1. The van der Waals surface area contributed by atoms with Crippen molar-refractivity contribution in [3.8, 4) is 0 Å². The summed E-state index contributed by atoms with van der Waals surface area (Å²) >= 11 is 0. The van der Waals surface area contributed by atoms with Gasteiger partial charge in [0.15, 0.2) is 0 Å². The van der Waals surface area contributed by atoms with Crippen LogP contribution in [-0.2, 0) is 9.53 Å². The SMILES string of the molecule is Cc1cc(C)c(C(=O)O)cc1NC(=O)CCC1CCCO1. The normalized spacial score (nSPS) is 17.7. The summed E-state index contributed by atoms with van der Waals surface area (Å²) in [5.41, 5.74) is 2.34. The lowest BCUT2D eigenvalue weighted by Gasteiger charge is -2.13. The molecule has 21 heavy (non-hydrogen) atoms. The summed E-state index contributed by atoms with van der Waals surface area (Å²) in [5.74, 6) is -1.09. The van der Waals surface area contributed by atoms with Crippen molar-refractivity contribution in [2.24, 2.45) is 0 Å². The van der Waals surface area contributed by atoms with Gasteiger partial charge in [0.25, 0.3) is 0 Å². The molecule has 1 fully saturated rings. The second-order valence-electron chi connectivity index (χ2n) is 5.51. The number of amides is 1. The molecule has 0 radical (unpaired) electrons. The van der Waals surface area contributed by atoms with E-state index in [2.05, 4.69) is 5.32 Å². The molecule has 1 unspecified atom stereocenters. The molecule has 0 aromatic heterocycles. The lowest BCUT2D eigenvalue weighted by Crippen LogP contribution is -2.16. The number of aromatic carboxylic acids is 1. The van der Waals surface area contributed by atoms with E-state index in [9.17, 15) is 9.59 Å². The van der Waals surface area contributed by atoms with Crippen molar-refractivity contribution in [2.45, 2.75) is 45.6 Å². The number of anilines is 1. The number of rotatable bonds is 5. The molecule has 1 aromatic carbocycles. The zero-order valence-electron chi connectivity index (χ0n) is 12.4. The number of carbonyl (C=O) groups is 2. The van der Waals surface area contributed by atoms with Gasteiger partial charge in [0, 0.05) is 18.7 Å². The number of benzene rings is 1. The number of carbonyl (C=O) groups excluding carboxylic acids is 1. The van der Waals surface area contributed by atoms with Gasteiger partial charge in [0.2, 0.25) is 5.91 Å². The first-order valence-corrected chi connectivity index (χ1v) is 7.23. The molecule has 114 valence electrons. The molecule has 0 saturated carbocycles. The van der Waals surface area contributed by atoms with Gasteiger partial charge in [-0.1, -0.05) is 6.07 Å². The Labute approximate surface area is 124 Å². The van der Waals surface area contributed by atoms with Crippen LogP contribution in [-0.4, -0.2) is 29.7 Å². The molecule has 5 heteroatoms. The average molecular weight is 291 g/mol. The van der Waals surface area contributed by atoms with Crippen LogP contribution in [0.25, 0.3) is 0 Å². The molecule has 1 aliphatic rings. The molecular weight excluding hydrogens is 270 g/mol. The Morgan fingerprint density at radius 2 is 2.10 bits per heavy atom. The number of hydrogen-bond donors (Lipinski definition) is 2. The first-order chi connectivity index (χ1) is 9.97. The number of aryl methyl sites for hydroxylation is 2. The molecule has 2 rings (SSSR count). The largest absolute Gasteiger partial charge is 0.478 e. The van der Waals surface area contributed by atoms with Crippen LogP contribution in [0.15, 0.2) is 12.1 Å². The van der Waals surface area contributed by atoms with Gasteiger partial charge in [-0.05, 0) is 50.3 Å². The van der Waals surface area contributed by atoms with E-state index in [0.717, 1.165) is 25.0 Å². The minimum Gasteiger partial charge on any atom is -0.478 e. The second kappa shape index (κ2) is 6.72. The molecule has 1 saturated heterocycles. The minimum atomic E-state index is -0.984. The van der Waals surface area contributed by atoms with E-state index in [-0.39, 0.29) is 17.6 Å². The lowest BCUT2D eigenvalue weighted by atomic mass is 10.0. The quantitative estimate of drug-likeness (QED) is 0.874. The van der Waals surface area contributed by atoms with Gasteiger partial charge in [-0.25, -0.2) is 4.79 Å². The molecule has 2 N–H and O–H groups in total. The molecular formula is C16H21NO4. The summed E-state index contributed by atoms with van der Waals surface area (Å²) in [6.07, 6.45) is 3.36. The van der Waals surface area contributed by atoms with Crippen LogP contribution in [0, 0.1) is 13.8 Å². The second-order valence-corrected chi connectivity index (χ2v) is 5.51. The molecule has 0 spiro atoms. The third kappa shape index (κ3) is 4.04. The molecule has 5 nitrogen and oxygen atoms in total. The smallest absolute Gasteiger partial charge is 0.336 e. The Morgan fingerprint density at radius 1 is 1.33 bits per heavy atom. The minimum absolute atomic E-state index is 0.103. The lowest BCUT2D eigenvalue weighted by molar-refractivity contribution is -0.116. The highest BCUT2D eigenvalue weighted by atomic mass is 16.5. The molecule has 1 amide bonds. The van der Waals surface area contributed by atoms with E-state index in [1.54, 1.807) is 13.0 Å². The Morgan fingerprint density at radius 3 is 2.71 bits per heavy atom. The summed E-state index contributed by atoms with van der Waals surface area (Å²) in [5, 5.41) is 11.9. The Hall–Kier alpha value is -1.88. The summed E-state index contributed by atoms with van der Waals surface area (Å²) < 4.78 is 5.49. The monoisotopic (exact) mass is 291 g/mol. The van der Waals surface area contributed by atoms with Gasteiger partial charge in [-0.2, -0.15) is 0 Å². The Bertz CT molecular complexity index is 547. The van der Waals surface area contributed by atoms with E-state index in [4.69, 9.17) is 9.84 Å². The number of carboxylic acids is 1. The zero-order chi connectivity index (χ0) is 15.4. The topological polar surface area (TPSA) is 75.6 Å². The van der Waals surface area contributed by atoms with Crippen molar-refractivity contribution in [3.05, 3.63) is 28.8 Å². The van der Waals surface area contributed by atoms with Crippen LogP contribution < -0.4 is 5.32 Å². The molecule has 1 heterocycles. The molecule has 1 atom stereocenters. The predicted molar refractivity (Wildman–Crippen MR) is 79.7 cm³/mol. The number of hydrogen-bond acceptors (Lipinski definition) is 3. The third-order valence-corrected chi connectivity index (χ3v) is 3.79. The highest BCUT2D eigenvalue weighted by molar-refractivity contribution is 5.95. The maximum atomic E-state index is 12.0. The molecule has 0 bridgehead atoms. The summed E-state index contributed by atoms with van der Waals surface area (Å²) in [4.78, 5) is 23.1. The van der Waals surface area contributed by atoms with Crippen LogP contribution in [0.5, 0.6) is 0 Å². The van der Waals surface area contributed by atoms with Gasteiger partial charge in [0.05, 0.1) is 11.7 Å². The average Bonchev–Trinajstić information content (AvgIpc) is 2.92. The zero-order valence-corrected chi connectivity index (χ0v) is 12.4. The van der Waals surface area contributed by atoms with Crippen molar-refractivity contribution in [1.29, 1.82) is 0 Å². The van der Waals surface area contributed by atoms with Crippen molar-refractivity contribution < 1.29 is 19.4 Å². The van der Waals surface area contributed by atoms with E-state index < -0.39 is 5.97 Å². The third-order valence-electron chi connectivity index (χ3n) is 3.79. The predicted octanol–water partition coefficient (Wildman–Crippen LogP) is 2.90. The fourth-order valence-electron chi connectivity index (χ4n) is 2.59. The van der Waals surface area contributed by atoms with Crippen molar-refractivity contribution in [3.63, 3.8) is 0 Å². The molecule has 0 aliphatic carbocycles. The van der Waals surface area contributed by atoms with Crippen LogP contribution in [0.3, 0.4) is 0 Å². The van der Waals surface area contributed by atoms with Gasteiger partial charge in [0.1, 0.15) is 0 Å². The Balaban J connectivity index is 1.99. The van der Waals surface area contributed by atoms with Crippen molar-refractivity contribution in [1.82, 2.24) is 0 Å². The van der Waals surface area contributed by atoms with Gasteiger partial charge >= 0.3 is 5.97 Å². The first kappa shape index (κ1) is 15.5. The summed E-state index contributed by atoms with van der Waals surface area (Å²) in [6, 6.07) is 3.30. The van der Waals surface area contributed by atoms with Crippen LogP contribution >= 0.6 is 0 Å². The molecule has 1 aliphatic heterocycles. The maximum absolute atomic E-state index is 12.0. The fourth-order valence-corrected chi connectivity index (χ4v) is 2.59. The van der Waals surface area contributed by atoms with Gasteiger partial charge < -0.3 is 15.2 Å². The van der Waals surface area contributed by atoms with E-state index in [0.29, 0.717) is 24.1 Å². The fraction of sp³-hybridized carbons (Fsp3) is 0.500. The highest BCUT2D eigenvalue weighted by Crippen LogP contribution is 2.22. The van der Waals surface area contributed by atoms with Gasteiger partial charge in [-0.3, -0.25) is 4.79 Å². The number of carboxylic acid groups (broad SMARTS) is 1. The van der Waals surface area contributed by atoms with Crippen LogP contribution in [0.1, 0.15) is 47.2 Å². The highest BCUT2D eigenvalue weighted by Gasteiger charge is 2.17. The van der Waals surface area contributed by atoms with Crippen molar-refractivity contribution in [2.75, 3.05) is 11.9 Å². The summed E-state index contributed by atoms with van der Waals surface area (Å²) in [7, 11) is 0. The standard InChI is InChI=1S/C16H21NO4/c1-10-8-11(2)14(9-13(10)16(19)20)17-15(18)6-5-12-4-3-7-21-12/h8-9,12H,3-7H2,1-2H3,(H,17,18)(H,19,20). The van der Waals surface area contributed by atoms with Gasteiger partial charge in [-0.15, -0.1) is 0 Å². The number of nitrogens with one attached hydrogen (secondary N) is 1. The first-order valence-electron chi connectivity index (χ1n) is 7.23. The van der Waals surface area contributed by atoms with E-state index >= 15 is 0 Å². The van der Waals surface area contributed by atoms with E-state index in [1.165, 1.54) is 6.07 Å². The van der Waals surface area contributed by atoms with Crippen LogP contribution in [0.2, 0.25) is 0 Å². The maximum Gasteiger partial charge on any atom is 0.336 e. The summed E-state index contributed by atoms with van der Waals surface area (Å²) in [6.45, 7) is 4.39. The van der Waals surface area contributed by atoms with Crippen LogP contribution in [0.4, 0.5) is 5.69 Å². The van der Waals surface area contributed by atoms with E-state index in [1.807, 2.05) is 6.92 Å². The molecule has 1 aromatic rings. The Kier molecular flexibility index (Phi) is 4.96.